The lowest BCUT2D eigenvalue weighted by molar-refractivity contribution is -0.118. The van der Waals surface area contributed by atoms with E-state index in [2.05, 4.69) is 20.8 Å². The van der Waals surface area contributed by atoms with E-state index in [1.807, 2.05) is 67.6 Å². The molecule has 33 heavy (non-hydrogen) atoms. The standard InChI is InChI=1S/C27H24BrNO3S/c1-18-11-13-19(14-12-18)22-15-24-26(33(31,32)21-8-3-2-4-9-21)16-25(27(22)30)29(24)17-20-7-5-6-10-23(20)28/h2-15,24-26H,16-17H2,1H3. The van der Waals surface area contributed by atoms with Crippen molar-refractivity contribution in [2.45, 2.75) is 42.1 Å². The highest BCUT2D eigenvalue weighted by molar-refractivity contribution is 9.10. The normalized spacial score (nSPS) is 22.9. The van der Waals surface area contributed by atoms with Crippen molar-refractivity contribution in [1.82, 2.24) is 4.90 Å². The lowest BCUT2D eigenvalue weighted by atomic mass is 9.92. The first-order valence-corrected chi connectivity index (χ1v) is 13.3. The van der Waals surface area contributed by atoms with Crippen molar-refractivity contribution in [1.29, 1.82) is 0 Å². The van der Waals surface area contributed by atoms with E-state index in [9.17, 15) is 13.2 Å². The lowest BCUT2D eigenvalue weighted by Crippen LogP contribution is -2.45. The molecule has 0 aliphatic carbocycles. The van der Waals surface area contributed by atoms with Crippen LogP contribution in [-0.2, 0) is 21.2 Å². The van der Waals surface area contributed by atoms with Gasteiger partial charge in [0.05, 0.1) is 16.2 Å². The van der Waals surface area contributed by atoms with E-state index in [-0.39, 0.29) is 18.2 Å². The Balaban J connectivity index is 1.60. The van der Waals surface area contributed by atoms with Gasteiger partial charge < -0.3 is 0 Å². The van der Waals surface area contributed by atoms with Crippen molar-refractivity contribution in [3.8, 4) is 0 Å². The van der Waals surface area contributed by atoms with E-state index in [1.165, 1.54) is 0 Å². The Bertz CT molecular complexity index is 1330. The fourth-order valence-corrected chi connectivity index (χ4v) is 7.25. The van der Waals surface area contributed by atoms with Crippen LogP contribution in [0.4, 0.5) is 0 Å². The number of rotatable bonds is 5. The van der Waals surface area contributed by atoms with Gasteiger partial charge in [0.2, 0.25) is 0 Å². The summed E-state index contributed by atoms with van der Waals surface area (Å²) in [5.41, 5.74) is 3.62. The van der Waals surface area contributed by atoms with Gasteiger partial charge in [-0.1, -0.05) is 88.2 Å². The van der Waals surface area contributed by atoms with Gasteiger partial charge in [0.15, 0.2) is 15.6 Å². The number of ketones is 1. The van der Waals surface area contributed by atoms with Gasteiger partial charge >= 0.3 is 0 Å². The first-order valence-electron chi connectivity index (χ1n) is 11.0. The summed E-state index contributed by atoms with van der Waals surface area (Å²) in [5.74, 6) is -0.00656. The Morgan fingerprint density at radius 2 is 1.61 bits per heavy atom. The Labute approximate surface area is 203 Å². The van der Waals surface area contributed by atoms with Crippen molar-refractivity contribution < 1.29 is 13.2 Å². The number of nitrogens with zero attached hydrogens (tertiary/aromatic N) is 1. The van der Waals surface area contributed by atoms with Crippen LogP contribution in [-0.4, -0.2) is 36.4 Å². The summed E-state index contributed by atoms with van der Waals surface area (Å²) in [6.45, 7) is 2.51. The molecule has 2 heterocycles. The molecule has 2 aliphatic heterocycles. The second kappa shape index (κ2) is 8.67. The summed E-state index contributed by atoms with van der Waals surface area (Å²) in [6, 6.07) is 23.4. The topological polar surface area (TPSA) is 54.5 Å². The van der Waals surface area contributed by atoms with Gasteiger partial charge in [0.25, 0.3) is 0 Å². The zero-order chi connectivity index (χ0) is 23.2. The average molecular weight is 522 g/mol. The molecule has 3 atom stereocenters. The number of halogens is 1. The SMILES string of the molecule is Cc1ccc(C2=CC3C(S(=O)(=O)c4ccccc4)CC(C2=O)N3Cc2ccccc2Br)cc1. The minimum atomic E-state index is -3.61. The van der Waals surface area contributed by atoms with E-state index in [4.69, 9.17) is 0 Å². The van der Waals surface area contributed by atoms with E-state index in [0.717, 1.165) is 21.2 Å². The molecule has 2 bridgehead atoms. The van der Waals surface area contributed by atoms with Gasteiger partial charge in [-0.25, -0.2) is 8.42 Å². The van der Waals surface area contributed by atoms with Crippen LogP contribution in [0, 0.1) is 6.92 Å². The number of sulfone groups is 1. The lowest BCUT2D eigenvalue weighted by Gasteiger charge is -2.34. The molecule has 5 rings (SSSR count). The third-order valence-corrected chi connectivity index (χ3v) is 9.64. The number of hydrogen-bond acceptors (Lipinski definition) is 4. The predicted octanol–water partition coefficient (Wildman–Crippen LogP) is 5.21. The number of benzene rings is 3. The second-order valence-corrected chi connectivity index (χ2v) is 11.7. The van der Waals surface area contributed by atoms with E-state index < -0.39 is 21.1 Å². The maximum atomic E-state index is 13.7. The summed E-state index contributed by atoms with van der Waals surface area (Å²) >= 11 is 3.60. The molecule has 0 spiro atoms. The molecule has 1 saturated heterocycles. The Morgan fingerprint density at radius 3 is 2.30 bits per heavy atom. The highest BCUT2D eigenvalue weighted by atomic mass is 79.9. The molecular formula is C27H24BrNO3S. The molecule has 0 aromatic heterocycles. The van der Waals surface area contributed by atoms with Crippen LogP contribution in [0.1, 0.15) is 23.1 Å². The molecule has 0 amide bonds. The van der Waals surface area contributed by atoms with Crippen LogP contribution >= 0.6 is 15.9 Å². The zero-order valence-electron chi connectivity index (χ0n) is 18.2. The third-order valence-electron chi connectivity index (χ3n) is 6.67. The Kier molecular flexibility index (Phi) is 5.85. The zero-order valence-corrected chi connectivity index (χ0v) is 20.6. The monoisotopic (exact) mass is 521 g/mol. The van der Waals surface area contributed by atoms with Crippen molar-refractivity contribution in [2.24, 2.45) is 0 Å². The molecule has 1 fully saturated rings. The van der Waals surface area contributed by atoms with Gasteiger partial charge in [-0.15, -0.1) is 0 Å². The summed E-state index contributed by atoms with van der Waals surface area (Å²) in [5, 5.41) is -0.681. The van der Waals surface area contributed by atoms with Gasteiger partial charge in [0.1, 0.15) is 0 Å². The number of carbonyl (C=O) groups is 1. The number of fused-ring (bicyclic) bond motifs is 2. The van der Waals surface area contributed by atoms with Gasteiger partial charge in [0, 0.05) is 22.6 Å². The van der Waals surface area contributed by atoms with Crippen LogP contribution in [0.25, 0.3) is 5.57 Å². The molecule has 3 aromatic rings. The number of Topliss-reactive ketones (excluding diaryl/α,β-unsaturated/α-hetero) is 1. The molecule has 168 valence electrons. The largest absolute Gasteiger partial charge is 0.292 e. The molecule has 6 heteroatoms. The third kappa shape index (κ3) is 4.01. The van der Waals surface area contributed by atoms with Crippen molar-refractivity contribution in [2.75, 3.05) is 0 Å². The molecule has 0 radical (unpaired) electrons. The molecule has 0 saturated carbocycles. The Hall–Kier alpha value is -2.54. The number of aryl methyl sites for hydroxylation is 1. The predicted molar refractivity (Wildman–Crippen MR) is 133 cm³/mol. The molecule has 4 nitrogen and oxygen atoms in total. The minimum Gasteiger partial charge on any atom is -0.292 e. The fraction of sp³-hybridized carbons (Fsp3) is 0.222. The summed E-state index contributed by atoms with van der Waals surface area (Å²) in [6.07, 6.45) is 2.18. The Morgan fingerprint density at radius 1 is 0.939 bits per heavy atom. The van der Waals surface area contributed by atoms with Crippen LogP contribution < -0.4 is 0 Å². The summed E-state index contributed by atoms with van der Waals surface area (Å²) in [7, 11) is -3.61. The molecule has 0 N–H and O–H groups in total. The smallest absolute Gasteiger partial charge is 0.183 e. The average Bonchev–Trinajstić information content (AvgIpc) is 3.10. The van der Waals surface area contributed by atoms with Crippen LogP contribution in [0.3, 0.4) is 0 Å². The first kappa shape index (κ1) is 22.3. The van der Waals surface area contributed by atoms with Gasteiger partial charge in [-0.05, 0) is 42.7 Å². The molecular weight excluding hydrogens is 498 g/mol. The fourth-order valence-electron chi connectivity index (χ4n) is 4.92. The van der Waals surface area contributed by atoms with Gasteiger partial charge in [-0.3, -0.25) is 9.69 Å². The van der Waals surface area contributed by atoms with Crippen molar-refractivity contribution in [3.05, 3.63) is 106 Å². The van der Waals surface area contributed by atoms with E-state index in [0.29, 0.717) is 17.0 Å². The molecule has 3 aromatic carbocycles. The molecule has 2 aliphatic rings. The number of hydrogen-bond donors (Lipinski definition) is 0. The number of carbonyl (C=O) groups excluding carboxylic acids is 1. The molecule has 3 unspecified atom stereocenters. The second-order valence-electron chi connectivity index (χ2n) is 8.71. The van der Waals surface area contributed by atoms with Crippen LogP contribution in [0.15, 0.2) is 94.3 Å². The first-order chi connectivity index (χ1) is 15.9. The van der Waals surface area contributed by atoms with Crippen LogP contribution in [0.5, 0.6) is 0 Å². The van der Waals surface area contributed by atoms with E-state index in [1.54, 1.807) is 24.3 Å². The maximum absolute atomic E-state index is 13.7. The highest BCUT2D eigenvalue weighted by Crippen LogP contribution is 2.42. The van der Waals surface area contributed by atoms with E-state index >= 15 is 0 Å². The summed E-state index contributed by atoms with van der Waals surface area (Å²) in [4.78, 5) is 16.0. The quantitative estimate of drug-likeness (QED) is 0.462. The van der Waals surface area contributed by atoms with Crippen molar-refractivity contribution >= 4 is 37.1 Å². The van der Waals surface area contributed by atoms with Crippen LogP contribution in [0.2, 0.25) is 0 Å². The minimum absolute atomic E-state index is 0.00656. The highest BCUT2D eigenvalue weighted by Gasteiger charge is 2.52. The van der Waals surface area contributed by atoms with Gasteiger partial charge in [-0.2, -0.15) is 0 Å². The maximum Gasteiger partial charge on any atom is 0.183 e. The summed E-state index contributed by atoms with van der Waals surface area (Å²) < 4.78 is 28.3. The van der Waals surface area contributed by atoms with Crippen molar-refractivity contribution in [3.63, 3.8) is 0 Å².